The number of nitrogens with zero attached hydrogens (tertiary/aromatic N) is 2. The van der Waals surface area contributed by atoms with Crippen LogP contribution in [0.4, 0.5) is 22.9 Å². The standard InChI is InChI=1S/C22H24N4OS/c27-22(15-20-5-4-14-28-20)25-21-11-8-18(16-23-21)24-17-6-9-19(10-7-17)26-12-2-1-3-13-26/h4-11,14,16,24H,1-3,12-13,15H2,(H,23,25,27). The lowest BCUT2D eigenvalue weighted by Crippen LogP contribution is -2.29. The Morgan fingerprint density at radius 2 is 1.79 bits per heavy atom. The minimum absolute atomic E-state index is 0.0519. The maximum absolute atomic E-state index is 12.1. The Morgan fingerprint density at radius 1 is 1.00 bits per heavy atom. The lowest BCUT2D eigenvalue weighted by Gasteiger charge is -2.28. The predicted octanol–water partition coefficient (Wildman–Crippen LogP) is 5.06. The molecule has 1 aliphatic rings. The summed E-state index contributed by atoms with van der Waals surface area (Å²) < 4.78 is 0. The molecule has 1 amide bonds. The van der Waals surface area contributed by atoms with Gasteiger partial charge < -0.3 is 15.5 Å². The molecule has 6 heteroatoms. The summed E-state index contributed by atoms with van der Waals surface area (Å²) in [6.07, 6.45) is 6.01. The maximum Gasteiger partial charge on any atom is 0.230 e. The first-order valence-corrected chi connectivity index (χ1v) is 10.5. The molecule has 5 nitrogen and oxygen atoms in total. The van der Waals surface area contributed by atoms with Gasteiger partial charge in [-0.2, -0.15) is 0 Å². The lowest BCUT2D eigenvalue weighted by atomic mass is 10.1. The van der Waals surface area contributed by atoms with Gasteiger partial charge in [-0.05, 0) is 67.1 Å². The van der Waals surface area contributed by atoms with Crippen molar-refractivity contribution in [2.45, 2.75) is 25.7 Å². The molecule has 0 aliphatic carbocycles. The summed E-state index contributed by atoms with van der Waals surface area (Å²) in [5.41, 5.74) is 3.20. The van der Waals surface area contributed by atoms with Gasteiger partial charge in [-0.15, -0.1) is 11.3 Å². The minimum atomic E-state index is -0.0519. The van der Waals surface area contributed by atoms with Gasteiger partial charge >= 0.3 is 0 Å². The van der Waals surface area contributed by atoms with E-state index >= 15 is 0 Å². The van der Waals surface area contributed by atoms with E-state index in [4.69, 9.17) is 0 Å². The number of nitrogens with one attached hydrogen (secondary N) is 2. The van der Waals surface area contributed by atoms with Crippen molar-refractivity contribution in [1.29, 1.82) is 0 Å². The molecular formula is C22H24N4OS. The van der Waals surface area contributed by atoms with E-state index in [1.807, 2.05) is 29.6 Å². The number of hydrogen-bond acceptors (Lipinski definition) is 5. The zero-order valence-electron chi connectivity index (χ0n) is 15.7. The zero-order valence-corrected chi connectivity index (χ0v) is 16.5. The average Bonchev–Trinajstić information content (AvgIpc) is 3.24. The van der Waals surface area contributed by atoms with Crippen LogP contribution in [0.2, 0.25) is 0 Å². The van der Waals surface area contributed by atoms with E-state index in [-0.39, 0.29) is 5.91 Å². The normalized spacial score (nSPS) is 13.9. The number of piperidine rings is 1. The fraction of sp³-hybridized carbons (Fsp3) is 0.273. The van der Waals surface area contributed by atoms with Crippen molar-refractivity contribution in [2.24, 2.45) is 0 Å². The fourth-order valence-corrected chi connectivity index (χ4v) is 4.08. The predicted molar refractivity (Wildman–Crippen MR) is 117 cm³/mol. The van der Waals surface area contributed by atoms with Crippen LogP contribution in [-0.2, 0) is 11.2 Å². The van der Waals surface area contributed by atoms with Gasteiger partial charge in [0.05, 0.1) is 18.3 Å². The van der Waals surface area contributed by atoms with Gasteiger partial charge in [-0.3, -0.25) is 4.79 Å². The smallest absolute Gasteiger partial charge is 0.230 e. The summed E-state index contributed by atoms with van der Waals surface area (Å²) in [6.45, 7) is 2.30. The Bertz CT molecular complexity index is 885. The van der Waals surface area contributed by atoms with Crippen molar-refractivity contribution < 1.29 is 4.79 Å². The van der Waals surface area contributed by atoms with Gasteiger partial charge in [0.2, 0.25) is 5.91 Å². The Hall–Kier alpha value is -2.86. The Morgan fingerprint density at radius 3 is 2.46 bits per heavy atom. The molecule has 0 radical (unpaired) electrons. The second-order valence-electron chi connectivity index (χ2n) is 6.96. The first-order valence-electron chi connectivity index (χ1n) is 9.66. The lowest BCUT2D eigenvalue weighted by molar-refractivity contribution is -0.115. The van der Waals surface area contributed by atoms with E-state index in [0.717, 1.165) is 29.3 Å². The highest BCUT2D eigenvalue weighted by Gasteiger charge is 2.10. The highest BCUT2D eigenvalue weighted by atomic mass is 32.1. The van der Waals surface area contributed by atoms with E-state index < -0.39 is 0 Å². The number of hydrogen-bond donors (Lipinski definition) is 2. The van der Waals surface area contributed by atoms with Crippen LogP contribution < -0.4 is 15.5 Å². The molecule has 3 heterocycles. The van der Waals surface area contributed by atoms with E-state index in [0.29, 0.717) is 12.2 Å². The minimum Gasteiger partial charge on any atom is -0.372 e. The van der Waals surface area contributed by atoms with Gasteiger partial charge in [0.15, 0.2) is 0 Å². The van der Waals surface area contributed by atoms with Crippen LogP contribution in [0.1, 0.15) is 24.1 Å². The van der Waals surface area contributed by atoms with E-state index in [1.54, 1.807) is 17.5 Å². The Kier molecular flexibility index (Phi) is 5.87. The molecule has 2 aromatic heterocycles. The third-order valence-electron chi connectivity index (χ3n) is 4.82. The van der Waals surface area contributed by atoms with Gasteiger partial charge in [0, 0.05) is 29.3 Å². The molecule has 28 heavy (non-hydrogen) atoms. The number of carbonyl (C=O) groups is 1. The van der Waals surface area contributed by atoms with Crippen LogP contribution in [0, 0.1) is 0 Å². The maximum atomic E-state index is 12.1. The van der Waals surface area contributed by atoms with Crippen molar-refractivity contribution in [3.63, 3.8) is 0 Å². The van der Waals surface area contributed by atoms with E-state index in [9.17, 15) is 4.79 Å². The van der Waals surface area contributed by atoms with Gasteiger partial charge in [-0.25, -0.2) is 4.98 Å². The highest BCUT2D eigenvalue weighted by molar-refractivity contribution is 7.10. The van der Waals surface area contributed by atoms with Gasteiger partial charge in [-0.1, -0.05) is 6.07 Å². The molecule has 1 saturated heterocycles. The van der Waals surface area contributed by atoms with Crippen molar-refractivity contribution in [3.8, 4) is 0 Å². The molecule has 1 aliphatic heterocycles. The molecule has 0 saturated carbocycles. The summed E-state index contributed by atoms with van der Waals surface area (Å²) >= 11 is 1.58. The monoisotopic (exact) mass is 392 g/mol. The molecule has 1 aromatic carbocycles. The van der Waals surface area contributed by atoms with Crippen LogP contribution in [0.25, 0.3) is 0 Å². The summed E-state index contributed by atoms with van der Waals surface area (Å²) in [6, 6.07) is 16.2. The Labute approximate surface area is 169 Å². The number of amides is 1. The van der Waals surface area contributed by atoms with Crippen molar-refractivity contribution in [1.82, 2.24) is 4.98 Å². The number of pyridine rings is 1. The molecule has 2 N–H and O–H groups in total. The first kappa shape index (κ1) is 18.5. The summed E-state index contributed by atoms with van der Waals surface area (Å²) in [5, 5.41) is 8.17. The van der Waals surface area contributed by atoms with Gasteiger partial charge in [0.25, 0.3) is 0 Å². The van der Waals surface area contributed by atoms with Crippen LogP contribution in [-0.4, -0.2) is 24.0 Å². The van der Waals surface area contributed by atoms with E-state index in [2.05, 4.69) is 44.8 Å². The molecule has 0 spiro atoms. The van der Waals surface area contributed by atoms with Crippen LogP contribution in [0.5, 0.6) is 0 Å². The molecule has 3 aromatic rings. The van der Waals surface area contributed by atoms with Crippen molar-refractivity contribution in [2.75, 3.05) is 28.6 Å². The second kappa shape index (κ2) is 8.89. The summed E-state index contributed by atoms with van der Waals surface area (Å²) in [7, 11) is 0. The summed E-state index contributed by atoms with van der Waals surface area (Å²) in [4.78, 5) is 19.9. The number of rotatable bonds is 6. The van der Waals surface area contributed by atoms with Crippen LogP contribution >= 0.6 is 11.3 Å². The summed E-state index contributed by atoms with van der Waals surface area (Å²) in [5.74, 6) is 0.511. The van der Waals surface area contributed by atoms with Gasteiger partial charge in [0.1, 0.15) is 5.82 Å². The number of aromatic nitrogens is 1. The first-order chi connectivity index (χ1) is 13.8. The zero-order chi connectivity index (χ0) is 19.2. The van der Waals surface area contributed by atoms with Crippen molar-refractivity contribution >= 4 is 40.1 Å². The van der Waals surface area contributed by atoms with Crippen LogP contribution in [0.15, 0.2) is 60.1 Å². The van der Waals surface area contributed by atoms with Crippen LogP contribution in [0.3, 0.4) is 0 Å². The molecule has 1 fully saturated rings. The topological polar surface area (TPSA) is 57.3 Å². The Balaban J connectivity index is 1.32. The quantitative estimate of drug-likeness (QED) is 0.616. The van der Waals surface area contributed by atoms with E-state index in [1.165, 1.54) is 24.9 Å². The third-order valence-corrected chi connectivity index (χ3v) is 5.70. The number of anilines is 4. The molecular weight excluding hydrogens is 368 g/mol. The number of benzene rings is 1. The van der Waals surface area contributed by atoms with Crippen molar-refractivity contribution in [3.05, 3.63) is 65.0 Å². The fourth-order valence-electron chi connectivity index (χ4n) is 3.37. The SMILES string of the molecule is O=C(Cc1cccs1)Nc1ccc(Nc2ccc(N3CCCCC3)cc2)cn1. The molecule has 0 unspecified atom stereocenters. The highest BCUT2D eigenvalue weighted by Crippen LogP contribution is 2.24. The number of thiophene rings is 1. The molecule has 144 valence electrons. The third kappa shape index (κ3) is 4.89. The second-order valence-corrected chi connectivity index (χ2v) is 7.99. The molecule has 0 bridgehead atoms. The number of carbonyl (C=O) groups excluding carboxylic acids is 1. The molecule has 4 rings (SSSR count). The average molecular weight is 393 g/mol. The molecule has 0 atom stereocenters. The largest absolute Gasteiger partial charge is 0.372 e.